The third kappa shape index (κ3) is 3.67. The number of ether oxygens (including phenoxy) is 1. The predicted molar refractivity (Wildman–Crippen MR) is 79.2 cm³/mol. The lowest BCUT2D eigenvalue weighted by molar-refractivity contribution is 0.405. The Hall–Kier alpha value is -1.67. The van der Waals surface area contributed by atoms with Crippen molar-refractivity contribution in [2.75, 3.05) is 12.9 Å². The van der Waals surface area contributed by atoms with Crippen LogP contribution in [-0.4, -0.2) is 12.9 Å². The highest BCUT2D eigenvalue weighted by Crippen LogP contribution is 2.28. The highest BCUT2D eigenvalue weighted by atomic mass is 32.2. The number of thioether (sulfide) groups is 1. The lowest BCUT2D eigenvalue weighted by Crippen LogP contribution is -1.85. The SMILES string of the molecule is COc1ccccc1SC/C=C/c1ccccc1. The van der Waals surface area contributed by atoms with Crippen molar-refractivity contribution >= 4 is 17.8 Å². The van der Waals surface area contributed by atoms with Gasteiger partial charge in [-0.2, -0.15) is 0 Å². The Labute approximate surface area is 112 Å². The first-order chi connectivity index (χ1) is 8.90. The van der Waals surface area contributed by atoms with Crippen molar-refractivity contribution in [1.29, 1.82) is 0 Å². The van der Waals surface area contributed by atoms with Gasteiger partial charge in [0.05, 0.1) is 7.11 Å². The fourth-order valence-corrected chi connectivity index (χ4v) is 2.46. The lowest BCUT2D eigenvalue weighted by Gasteiger charge is -2.05. The van der Waals surface area contributed by atoms with Crippen LogP contribution in [0.4, 0.5) is 0 Å². The number of hydrogen-bond donors (Lipinski definition) is 0. The van der Waals surface area contributed by atoms with Crippen LogP contribution in [0.5, 0.6) is 5.75 Å². The quantitative estimate of drug-likeness (QED) is 0.728. The van der Waals surface area contributed by atoms with Crippen LogP contribution in [-0.2, 0) is 0 Å². The Bertz CT molecular complexity index is 506. The van der Waals surface area contributed by atoms with Crippen molar-refractivity contribution in [3.8, 4) is 5.75 Å². The van der Waals surface area contributed by atoms with E-state index >= 15 is 0 Å². The molecule has 0 saturated carbocycles. The monoisotopic (exact) mass is 256 g/mol. The molecule has 0 unspecified atom stereocenters. The predicted octanol–water partition coefficient (Wildman–Crippen LogP) is 4.50. The Kier molecular flexibility index (Phi) is 4.91. The summed E-state index contributed by atoms with van der Waals surface area (Å²) in [6.45, 7) is 0. The van der Waals surface area contributed by atoms with Gasteiger partial charge in [-0.05, 0) is 17.7 Å². The number of para-hydroxylation sites is 1. The number of benzene rings is 2. The van der Waals surface area contributed by atoms with Crippen LogP contribution in [0.25, 0.3) is 6.08 Å². The first-order valence-corrected chi connectivity index (χ1v) is 6.86. The van der Waals surface area contributed by atoms with Crippen LogP contribution >= 0.6 is 11.8 Å². The van der Waals surface area contributed by atoms with Crippen molar-refractivity contribution in [2.24, 2.45) is 0 Å². The van der Waals surface area contributed by atoms with Gasteiger partial charge in [-0.15, -0.1) is 11.8 Å². The highest BCUT2D eigenvalue weighted by molar-refractivity contribution is 7.99. The molecule has 2 aromatic carbocycles. The Morgan fingerprint density at radius 2 is 1.72 bits per heavy atom. The van der Waals surface area contributed by atoms with Gasteiger partial charge in [0.15, 0.2) is 0 Å². The van der Waals surface area contributed by atoms with Gasteiger partial charge in [-0.1, -0.05) is 54.6 Å². The van der Waals surface area contributed by atoms with Gasteiger partial charge < -0.3 is 4.74 Å². The van der Waals surface area contributed by atoms with E-state index in [-0.39, 0.29) is 0 Å². The topological polar surface area (TPSA) is 9.23 Å². The second-order valence-corrected chi connectivity index (χ2v) is 4.84. The summed E-state index contributed by atoms with van der Waals surface area (Å²) in [6, 6.07) is 18.4. The van der Waals surface area contributed by atoms with Crippen molar-refractivity contribution < 1.29 is 4.74 Å². The minimum Gasteiger partial charge on any atom is -0.496 e. The summed E-state index contributed by atoms with van der Waals surface area (Å²) in [5.41, 5.74) is 1.23. The van der Waals surface area contributed by atoms with Crippen LogP contribution in [0.3, 0.4) is 0 Å². The normalized spacial score (nSPS) is 10.7. The molecule has 0 N–H and O–H groups in total. The largest absolute Gasteiger partial charge is 0.496 e. The maximum atomic E-state index is 5.32. The minimum absolute atomic E-state index is 0.940. The summed E-state index contributed by atoms with van der Waals surface area (Å²) in [7, 11) is 1.71. The van der Waals surface area contributed by atoms with Crippen LogP contribution in [0.2, 0.25) is 0 Å². The number of rotatable bonds is 5. The maximum absolute atomic E-state index is 5.32. The van der Waals surface area contributed by atoms with E-state index in [2.05, 4.69) is 30.4 Å². The molecular weight excluding hydrogens is 240 g/mol. The zero-order valence-corrected chi connectivity index (χ0v) is 11.2. The van der Waals surface area contributed by atoms with Crippen LogP contribution in [0, 0.1) is 0 Å². The van der Waals surface area contributed by atoms with Gasteiger partial charge in [-0.25, -0.2) is 0 Å². The smallest absolute Gasteiger partial charge is 0.132 e. The molecule has 0 amide bonds. The molecule has 18 heavy (non-hydrogen) atoms. The molecule has 0 fully saturated rings. The van der Waals surface area contributed by atoms with Gasteiger partial charge in [0.2, 0.25) is 0 Å². The fraction of sp³-hybridized carbons (Fsp3) is 0.125. The molecule has 0 radical (unpaired) electrons. The molecule has 0 heterocycles. The first-order valence-electron chi connectivity index (χ1n) is 5.87. The van der Waals surface area contributed by atoms with Gasteiger partial charge in [0.1, 0.15) is 5.75 Å². The van der Waals surface area contributed by atoms with Gasteiger partial charge in [0, 0.05) is 10.6 Å². The molecule has 0 aliphatic heterocycles. The summed E-state index contributed by atoms with van der Waals surface area (Å²) < 4.78 is 5.32. The van der Waals surface area contributed by atoms with Gasteiger partial charge in [0.25, 0.3) is 0 Å². The van der Waals surface area contributed by atoms with E-state index < -0.39 is 0 Å². The van der Waals surface area contributed by atoms with E-state index in [0.717, 1.165) is 11.5 Å². The van der Waals surface area contributed by atoms with Crippen molar-refractivity contribution in [3.63, 3.8) is 0 Å². The van der Waals surface area contributed by atoms with E-state index in [1.807, 2.05) is 36.4 Å². The molecule has 0 aromatic heterocycles. The summed E-state index contributed by atoms with van der Waals surface area (Å²) in [5, 5.41) is 0. The summed E-state index contributed by atoms with van der Waals surface area (Å²) in [6.07, 6.45) is 4.31. The molecule has 2 rings (SSSR count). The molecule has 0 atom stereocenters. The zero-order valence-electron chi connectivity index (χ0n) is 10.4. The summed E-state index contributed by atoms with van der Waals surface area (Å²) >= 11 is 1.78. The third-order valence-electron chi connectivity index (χ3n) is 2.51. The van der Waals surface area contributed by atoms with Gasteiger partial charge >= 0.3 is 0 Å². The summed E-state index contributed by atoms with van der Waals surface area (Å²) in [4.78, 5) is 1.18. The molecule has 92 valence electrons. The number of methoxy groups -OCH3 is 1. The zero-order chi connectivity index (χ0) is 12.6. The van der Waals surface area contributed by atoms with E-state index in [0.29, 0.717) is 0 Å². The lowest BCUT2D eigenvalue weighted by atomic mass is 10.2. The molecule has 2 heteroatoms. The minimum atomic E-state index is 0.940. The molecule has 0 saturated heterocycles. The standard InChI is InChI=1S/C16H16OS/c1-17-15-11-5-6-12-16(15)18-13-7-10-14-8-3-2-4-9-14/h2-12H,13H2,1H3/b10-7+. The summed E-state index contributed by atoms with van der Waals surface area (Å²) in [5.74, 6) is 1.88. The fourth-order valence-electron chi connectivity index (χ4n) is 1.62. The molecule has 0 aliphatic carbocycles. The van der Waals surface area contributed by atoms with Gasteiger partial charge in [-0.3, -0.25) is 0 Å². The van der Waals surface area contributed by atoms with Crippen molar-refractivity contribution in [2.45, 2.75) is 4.90 Å². The first kappa shape index (κ1) is 12.8. The van der Waals surface area contributed by atoms with Crippen molar-refractivity contribution in [3.05, 3.63) is 66.2 Å². The second-order valence-electron chi connectivity index (χ2n) is 3.77. The van der Waals surface area contributed by atoms with E-state index in [4.69, 9.17) is 4.74 Å². The average molecular weight is 256 g/mol. The van der Waals surface area contributed by atoms with Crippen LogP contribution in [0.1, 0.15) is 5.56 Å². The molecule has 2 aromatic rings. The Morgan fingerprint density at radius 3 is 2.50 bits per heavy atom. The van der Waals surface area contributed by atoms with E-state index in [9.17, 15) is 0 Å². The molecule has 1 nitrogen and oxygen atoms in total. The number of hydrogen-bond acceptors (Lipinski definition) is 2. The molecule has 0 spiro atoms. The highest BCUT2D eigenvalue weighted by Gasteiger charge is 1.99. The van der Waals surface area contributed by atoms with Crippen molar-refractivity contribution in [1.82, 2.24) is 0 Å². The van der Waals surface area contributed by atoms with Crippen LogP contribution < -0.4 is 4.74 Å². The van der Waals surface area contributed by atoms with E-state index in [1.54, 1.807) is 18.9 Å². The maximum Gasteiger partial charge on any atom is 0.132 e. The Balaban J connectivity index is 1.91. The third-order valence-corrected chi connectivity index (χ3v) is 3.52. The second kappa shape index (κ2) is 6.92. The molecule has 0 aliphatic rings. The molecule has 0 bridgehead atoms. The van der Waals surface area contributed by atoms with Crippen LogP contribution in [0.15, 0.2) is 65.6 Å². The van der Waals surface area contributed by atoms with E-state index in [1.165, 1.54) is 10.5 Å². The Morgan fingerprint density at radius 1 is 1.00 bits per heavy atom. The molecular formula is C16H16OS. The average Bonchev–Trinajstić information content (AvgIpc) is 2.45.